The van der Waals surface area contributed by atoms with Crippen molar-refractivity contribution < 1.29 is 0 Å². The maximum atomic E-state index is 4.94. The number of hydrogen-bond acceptors (Lipinski definition) is 2. The van der Waals surface area contributed by atoms with Crippen molar-refractivity contribution in [3.05, 3.63) is 121 Å². The summed E-state index contributed by atoms with van der Waals surface area (Å²) >= 11 is 1.85. The number of aromatic nitrogens is 2. The van der Waals surface area contributed by atoms with Gasteiger partial charge in [-0.15, -0.1) is 11.3 Å². The van der Waals surface area contributed by atoms with Crippen LogP contribution in [-0.4, -0.2) is 9.55 Å². The van der Waals surface area contributed by atoms with Crippen LogP contribution in [0.3, 0.4) is 0 Å². The fraction of sp³-hybridized carbons (Fsp3) is 0. The lowest BCUT2D eigenvalue weighted by Crippen LogP contribution is -1.95. The Bertz CT molecular complexity index is 2540. The smallest absolute Gasteiger partial charge is 0.0888 e. The molecule has 0 radical (unpaired) electrons. The predicted octanol–water partition coefficient (Wildman–Crippen LogP) is 10.5. The molecule has 0 unspecified atom stereocenters. The average Bonchev–Trinajstić information content (AvgIpc) is 3.67. The van der Waals surface area contributed by atoms with Crippen LogP contribution in [0.4, 0.5) is 0 Å². The summed E-state index contributed by atoms with van der Waals surface area (Å²) < 4.78 is 5.05. The van der Waals surface area contributed by atoms with E-state index in [9.17, 15) is 0 Å². The van der Waals surface area contributed by atoms with Crippen LogP contribution in [0.1, 0.15) is 0 Å². The molecule has 40 heavy (non-hydrogen) atoms. The topological polar surface area (TPSA) is 17.8 Å². The van der Waals surface area contributed by atoms with Crippen LogP contribution in [0.2, 0.25) is 0 Å². The predicted molar refractivity (Wildman–Crippen MR) is 171 cm³/mol. The highest BCUT2D eigenvalue weighted by atomic mass is 32.1. The fourth-order valence-electron chi connectivity index (χ4n) is 7.17. The third kappa shape index (κ3) is 2.47. The minimum atomic E-state index is 1.09. The lowest BCUT2D eigenvalue weighted by Gasteiger charge is -2.12. The molecule has 1 aliphatic carbocycles. The molecule has 184 valence electrons. The molecule has 3 heteroatoms. The van der Waals surface area contributed by atoms with E-state index in [2.05, 4.69) is 120 Å². The molecule has 2 nitrogen and oxygen atoms in total. The summed E-state index contributed by atoms with van der Waals surface area (Å²) in [6.45, 7) is 0. The van der Waals surface area contributed by atoms with Crippen LogP contribution >= 0.6 is 11.3 Å². The summed E-state index contributed by atoms with van der Waals surface area (Å²) in [4.78, 5) is 4.94. The Kier molecular flexibility index (Phi) is 3.84. The largest absolute Gasteiger partial charge is 0.309 e. The molecular formula is C37H20N2S. The molecule has 0 saturated heterocycles. The molecule has 9 aromatic rings. The monoisotopic (exact) mass is 524 g/mol. The minimum absolute atomic E-state index is 1.09. The van der Waals surface area contributed by atoms with Crippen molar-refractivity contribution in [3.8, 4) is 27.9 Å². The number of nitrogens with zero attached hydrogens (tertiary/aromatic N) is 2. The van der Waals surface area contributed by atoms with Crippen molar-refractivity contribution in [1.29, 1.82) is 0 Å². The zero-order valence-corrected chi connectivity index (χ0v) is 22.2. The summed E-state index contributed by atoms with van der Waals surface area (Å²) in [5.74, 6) is 0. The Hall–Kier alpha value is -4.99. The number of para-hydroxylation sites is 1. The molecule has 3 heterocycles. The molecule has 6 aromatic carbocycles. The SMILES string of the molecule is c1cc2c3c(cccc3c1)-c1cc(-n3c4ccccc4c4c5cccnc5c5sc6ccccc6c5c43)ccc1-2. The molecule has 3 aromatic heterocycles. The van der Waals surface area contributed by atoms with Gasteiger partial charge in [0.15, 0.2) is 0 Å². The zero-order valence-electron chi connectivity index (χ0n) is 21.3. The van der Waals surface area contributed by atoms with Gasteiger partial charge in [-0.3, -0.25) is 4.98 Å². The number of rotatable bonds is 1. The second-order valence-electron chi connectivity index (χ2n) is 10.7. The first-order valence-corrected chi connectivity index (χ1v) is 14.5. The van der Waals surface area contributed by atoms with Crippen molar-refractivity contribution in [2.45, 2.75) is 0 Å². The second-order valence-corrected chi connectivity index (χ2v) is 11.8. The van der Waals surface area contributed by atoms with E-state index in [1.807, 2.05) is 17.5 Å². The Morgan fingerprint density at radius 2 is 1.32 bits per heavy atom. The van der Waals surface area contributed by atoms with Crippen LogP contribution in [0.5, 0.6) is 0 Å². The van der Waals surface area contributed by atoms with E-state index in [-0.39, 0.29) is 0 Å². The van der Waals surface area contributed by atoms with Gasteiger partial charge in [0.2, 0.25) is 0 Å². The van der Waals surface area contributed by atoms with E-state index in [0.717, 1.165) is 5.52 Å². The van der Waals surface area contributed by atoms with E-state index in [4.69, 9.17) is 4.98 Å². The van der Waals surface area contributed by atoms with Gasteiger partial charge in [0.05, 0.1) is 21.3 Å². The zero-order chi connectivity index (χ0) is 25.9. The van der Waals surface area contributed by atoms with Gasteiger partial charge in [0, 0.05) is 43.5 Å². The third-order valence-corrected chi connectivity index (χ3v) is 9.92. The second kappa shape index (κ2) is 7.35. The molecule has 0 saturated carbocycles. The summed E-state index contributed by atoms with van der Waals surface area (Å²) in [6, 6.07) is 42.3. The van der Waals surface area contributed by atoms with Gasteiger partial charge in [-0.2, -0.15) is 0 Å². The highest BCUT2D eigenvalue weighted by Crippen LogP contribution is 2.50. The highest BCUT2D eigenvalue weighted by Gasteiger charge is 2.25. The maximum Gasteiger partial charge on any atom is 0.0888 e. The first-order chi connectivity index (χ1) is 19.9. The Labute approximate surface area is 233 Å². The first kappa shape index (κ1) is 20.9. The van der Waals surface area contributed by atoms with Crippen LogP contribution < -0.4 is 0 Å². The van der Waals surface area contributed by atoms with Crippen molar-refractivity contribution in [2.24, 2.45) is 0 Å². The van der Waals surface area contributed by atoms with Gasteiger partial charge >= 0.3 is 0 Å². The number of fused-ring (bicyclic) bond motifs is 13. The molecule has 0 N–H and O–H groups in total. The van der Waals surface area contributed by atoms with Gasteiger partial charge in [-0.25, -0.2) is 0 Å². The van der Waals surface area contributed by atoms with Gasteiger partial charge in [0.1, 0.15) is 0 Å². The summed E-state index contributed by atoms with van der Waals surface area (Å²) in [5.41, 5.74) is 10.1. The van der Waals surface area contributed by atoms with E-state index in [1.54, 1.807) is 0 Å². The van der Waals surface area contributed by atoms with Crippen molar-refractivity contribution in [2.75, 3.05) is 0 Å². The number of hydrogen-bond donors (Lipinski definition) is 0. The van der Waals surface area contributed by atoms with Gasteiger partial charge in [-0.1, -0.05) is 84.9 Å². The minimum Gasteiger partial charge on any atom is -0.309 e. The van der Waals surface area contributed by atoms with Crippen LogP contribution in [0, 0.1) is 0 Å². The molecule has 0 bridgehead atoms. The number of benzene rings is 6. The Morgan fingerprint density at radius 1 is 0.550 bits per heavy atom. The highest BCUT2D eigenvalue weighted by molar-refractivity contribution is 7.26. The Balaban J connectivity index is 1.42. The average molecular weight is 525 g/mol. The summed E-state index contributed by atoms with van der Waals surface area (Å²) in [5, 5.41) is 9.01. The maximum absolute atomic E-state index is 4.94. The third-order valence-electron chi connectivity index (χ3n) is 8.75. The van der Waals surface area contributed by atoms with E-state index >= 15 is 0 Å². The standard InChI is InChI=1S/C37H20N2S/c1-3-15-30-26(10-1)33-28-14-7-19-38-35(28)37-34(27-11-2-4-16-31(27)40-37)36(33)39(30)22-17-18-23-24-12-5-8-21-9-6-13-25(32(21)24)29(23)20-22/h1-20H. The fourth-order valence-corrected chi connectivity index (χ4v) is 8.39. The van der Waals surface area contributed by atoms with Crippen LogP contribution in [0.25, 0.3) is 91.6 Å². The molecule has 0 spiro atoms. The van der Waals surface area contributed by atoms with E-state index in [1.165, 1.54) is 86.1 Å². The number of pyridine rings is 1. The molecule has 0 aliphatic heterocycles. The van der Waals surface area contributed by atoms with Crippen molar-refractivity contribution in [1.82, 2.24) is 9.55 Å². The van der Waals surface area contributed by atoms with E-state index < -0.39 is 0 Å². The Morgan fingerprint density at radius 3 is 2.23 bits per heavy atom. The summed E-state index contributed by atoms with van der Waals surface area (Å²) in [6.07, 6.45) is 1.93. The van der Waals surface area contributed by atoms with Crippen molar-refractivity contribution in [3.63, 3.8) is 0 Å². The molecular weight excluding hydrogens is 504 g/mol. The summed E-state index contributed by atoms with van der Waals surface area (Å²) in [7, 11) is 0. The molecule has 0 atom stereocenters. The molecule has 1 aliphatic rings. The lowest BCUT2D eigenvalue weighted by atomic mass is 10.0. The molecule has 10 rings (SSSR count). The van der Waals surface area contributed by atoms with Gasteiger partial charge in [-0.05, 0) is 63.4 Å². The van der Waals surface area contributed by atoms with E-state index in [0.29, 0.717) is 0 Å². The van der Waals surface area contributed by atoms with Crippen LogP contribution in [-0.2, 0) is 0 Å². The van der Waals surface area contributed by atoms with Gasteiger partial charge in [0.25, 0.3) is 0 Å². The molecule has 0 fully saturated rings. The van der Waals surface area contributed by atoms with Crippen molar-refractivity contribution >= 4 is 75.0 Å². The lowest BCUT2D eigenvalue weighted by molar-refractivity contribution is 1.19. The number of thiophene rings is 1. The van der Waals surface area contributed by atoms with Crippen LogP contribution in [0.15, 0.2) is 121 Å². The normalized spacial score (nSPS) is 12.5. The first-order valence-electron chi connectivity index (χ1n) is 13.6. The quantitative estimate of drug-likeness (QED) is 0.209. The molecule has 0 amide bonds. The van der Waals surface area contributed by atoms with Gasteiger partial charge < -0.3 is 4.57 Å².